The fourth-order valence-corrected chi connectivity index (χ4v) is 1.27. The van der Waals surface area contributed by atoms with E-state index in [1.54, 1.807) is 20.8 Å². The molecule has 0 bridgehead atoms. The van der Waals surface area contributed by atoms with Crippen LogP contribution < -0.4 is 4.74 Å². The van der Waals surface area contributed by atoms with Crippen LogP contribution in [0.1, 0.15) is 32.8 Å². The molecule has 0 aliphatic carbocycles. The minimum atomic E-state index is -0.708. The number of hydrogen-bond donors (Lipinski definition) is 2. The van der Waals surface area contributed by atoms with Gasteiger partial charge in [-0.2, -0.15) is 0 Å². The molecule has 1 aromatic carbocycles. The Morgan fingerprint density at radius 1 is 1.29 bits per heavy atom. The highest BCUT2D eigenvalue weighted by Gasteiger charge is 2.11. The van der Waals surface area contributed by atoms with Gasteiger partial charge in [-0.1, -0.05) is 5.16 Å². The molecule has 0 aliphatic heterocycles. The van der Waals surface area contributed by atoms with Crippen molar-refractivity contribution in [1.82, 2.24) is 0 Å². The minimum Gasteiger partial charge on any atom is -0.493 e. The molecule has 17 heavy (non-hydrogen) atoms. The number of benzene rings is 1. The number of aliphatic hydroxyl groups is 1. The maximum atomic E-state index is 9.52. The van der Waals surface area contributed by atoms with E-state index in [0.717, 1.165) is 11.3 Å². The van der Waals surface area contributed by atoms with Gasteiger partial charge in [0.2, 0.25) is 0 Å². The van der Waals surface area contributed by atoms with Gasteiger partial charge in [0.15, 0.2) is 0 Å². The minimum absolute atomic E-state index is 0.468. The van der Waals surface area contributed by atoms with Crippen LogP contribution in [0.5, 0.6) is 5.75 Å². The van der Waals surface area contributed by atoms with Crippen molar-refractivity contribution >= 4 is 5.71 Å². The maximum Gasteiger partial charge on any atom is 0.119 e. The Morgan fingerprint density at radius 3 is 2.35 bits per heavy atom. The zero-order valence-electron chi connectivity index (χ0n) is 10.5. The lowest BCUT2D eigenvalue weighted by molar-refractivity contribution is 0.0553. The number of ether oxygens (including phenoxy) is 1. The van der Waals surface area contributed by atoms with Gasteiger partial charge >= 0.3 is 0 Å². The molecule has 0 fully saturated rings. The highest BCUT2D eigenvalue weighted by atomic mass is 16.5. The van der Waals surface area contributed by atoms with E-state index in [-0.39, 0.29) is 0 Å². The fourth-order valence-electron chi connectivity index (χ4n) is 1.27. The Kier molecular flexibility index (Phi) is 4.52. The van der Waals surface area contributed by atoms with E-state index in [1.165, 1.54) is 0 Å². The van der Waals surface area contributed by atoms with Crippen LogP contribution in [-0.4, -0.2) is 28.2 Å². The Balaban J connectivity index is 2.52. The molecule has 0 spiro atoms. The van der Waals surface area contributed by atoms with Crippen molar-refractivity contribution in [2.45, 2.75) is 32.8 Å². The Morgan fingerprint density at radius 2 is 1.88 bits per heavy atom. The molecule has 1 rings (SSSR count). The molecule has 0 amide bonds. The number of rotatable bonds is 5. The highest BCUT2D eigenvalue weighted by molar-refractivity contribution is 5.98. The molecule has 4 nitrogen and oxygen atoms in total. The average molecular weight is 237 g/mol. The summed E-state index contributed by atoms with van der Waals surface area (Å²) in [6.45, 7) is 5.70. The monoisotopic (exact) mass is 237 g/mol. The molecule has 0 unspecified atom stereocenters. The van der Waals surface area contributed by atoms with Crippen LogP contribution in [0.15, 0.2) is 29.4 Å². The summed E-state index contributed by atoms with van der Waals surface area (Å²) in [6, 6.07) is 7.28. The van der Waals surface area contributed by atoms with Gasteiger partial charge in [-0.15, -0.1) is 0 Å². The topological polar surface area (TPSA) is 62.1 Å². The second kappa shape index (κ2) is 5.68. The van der Waals surface area contributed by atoms with Crippen molar-refractivity contribution in [2.24, 2.45) is 5.16 Å². The summed E-state index contributed by atoms with van der Waals surface area (Å²) in [4.78, 5) is 0. The van der Waals surface area contributed by atoms with Gasteiger partial charge in [0.25, 0.3) is 0 Å². The van der Waals surface area contributed by atoms with E-state index in [2.05, 4.69) is 5.16 Å². The number of oxime groups is 1. The molecular weight excluding hydrogens is 218 g/mol. The van der Waals surface area contributed by atoms with Gasteiger partial charge < -0.3 is 15.1 Å². The Bertz CT molecular complexity index is 377. The van der Waals surface area contributed by atoms with Crippen molar-refractivity contribution in [1.29, 1.82) is 0 Å². The van der Waals surface area contributed by atoms with E-state index in [4.69, 9.17) is 9.94 Å². The van der Waals surface area contributed by atoms with Gasteiger partial charge in [0, 0.05) is 6.42 Å². The zero-order valence-corrected chi connectivity index (χ0v) is 10.5. The molecule has 0 heterocycles. The first kappa shape index (κ1) is 13.5. The van der Waals surface area contributed by atoms with E-state index >= 15 is 0 Å². The molecule has 2 N–H and O–H groups in total. The first-order valence-corrected chi connectivity index (χ1v) is 5.56. The molecule has 0 atom stereocenters. The lowest BCUT2D eigenvalue weighted by Gasteiger charge is -2.17. The average Bonchev–Trinajstić information content (AvgIpc) is 2.27. The summed E-state index contributed by atoms with van der Waals surface area (Å²) in [5.41, 5.74) is 0.704. The third kappa shape index (κ3) is 4.87. The van der Waals surface area contributed by atoms with E-state index < -0.39 is 5.60 Å². The van der Waals surface area contributed by atoms with Gasteiger partial charge in [0.1, 0.15) is 5.75 Å². The van der Waals surface area contributed by atoms with Crippen LogP contribution >= 0.6 is 0 Å². The summed E-state index contributed by atoms with van der Waals surface area (Å²) in [6.07, 6.45) is 0.575. The van der Waals surface area contributed by atoms with Gasteiger partial charge in [-0.3, -0.25) is 0 Å². The molecule has 0 radical (unpaired) electrons. The van der Waals surface area contributed by atoms with Crippen LogP contribution in [0.2, 0.25) is 0 Å². The Labute approximate surface area is 102 Å². The van der Waals surface area contributed by atoms with Crippen LogP contribution in [0.3, 0.4) is 0 Å². The summed E-state index contributed by atoms with van der Waals surface area (Å²) < 4.78 is 5.49. The first-order valence-electron chi connectivity index (χ1n) is 5.56. The van der Waals surface area contributed by atoms with Crippen molar-refractivity contribution in [3.63, 3.8) is 0 Å². The lowest BCUT2D eigenvalue weighted by atomic mass is 10.1. The zero-order chi connectivity index (χ0) is 12.9. The van der Waals surface area contributed by atoms with Crippen molar-refractivity contribution in [3.8, 4) is 5.75 Å². The summed E-state index contributed by atoms with van der Waals surface area (Å²) >= 11 is 0. The van der Waals surface area contributed by atoms with Gasteiger partial charge in [0.05, 0.1) is 17.9 Å². The van der Waals surface area contributed by atoms with Crippen LogP contribution in [0.25, 0.3) is 0 Å². The number of hydrogen-bond acceptors (Lipinski definition) is 4. The second-order valence-corrected chi connectivity index (χ2v) is 4.62. The molecule has 0 aromatic heterocycles. The fraction of sp³-hybridized carbons (Fsp3) is 0.462. The Hall–Kier alpha value is -1.55. The standard InChI is InChI=1S/C13H19NO3/c1-10(14-16)11-4-6-12(7-5-11)17-9-8-13(2,3)15/h4-7,15-16H,8-9H2,1-3H3. The van der Waals surface area contributed by atoms with Crippen molar-refractivity contribution in [2.75, 3.05) is 6.61 Å². The summed E-state index contributed by atoms with van der Waals surface area (Å²) in [5, 5.41) is 21.3. The largest absolute Gasteiger partial charge is 0.493 e. The molecule has 0 aliphatic rings. The first-order chi connectivity index (χ1) is 7.92. The smallest absolute Gasteiger partial charge is 0.119 e. The van der Waals surface area contributed by atoms with E-state index in [0.29, 0.717) is 18.7 Å². The molecule has 4 heteroatoms. The van der Waals surface area contributed by atoms with E-state index in [9.17, 15) is 5.11 Å². The normalized spacial score (nSPS) is 12.6. The summed E-state index contributed by atoms with van der Waals surface area (Å²) in [7, 11) is 0. The molecule has 0 saturated heterocycles. The SMILES string of the molecule is CC(=NO)c1ccc(OCCC(C)(C)O)cc1. The lowest BCUT2D eigenvalue weighted by Crippen LogP contribution is -2.21. The van der Waals surface area contributed by atoms with Crippen LogP contribution in [0, 0.1) is 0 Å². The van der Waals surface area contributed by atoms with Crippen LogP contribution in [0.4, 0.5) is 0 Å². The third-order valence-corrected chi connectivity index (χ3v) is 2.40. The quantitative estimate of drug-likeness (QED) is 0.469. The predicted molar refractivity (Wildman–Crippen MR) is 66.8 cm³/mol. The van der Waals surface area contributed by atoms with Crippen LogP contribution in [-0.2, 0) is 0 Å². The maximum absolute atomic E-state index is 9.52. The molecule has 94 valence electrons. The van der Waals surface area contributed by atoms with Gasteiger partial charge in [-0.05, 0) is 50.6 Å². The summed E-state index contributed by atoms with van der Waals surface area (Å²) in [5.74, 6) is 0.740. The van der Waals surface area contributed by atoms with Gasteiger partial charge in [-0.25, -0.2) is 0 Å². The highest BCUT2D eigenvalue weighted by Crippen LogP contribution is 2.15. The number of nitrogens with zero attached hydrogens (tertiary/aromatic N) is 1. The third-order valence-electron chi connectivity index (χ3n) is 2.40. The van der Waals surface area contributed by atoms with Crippen molar-refractivity contribution < 1.29 is 15.1 Å². The molecular formula is C13H19NO3. The molecule has 1 aromatic rings. The predicted octanol–water partition coefficient (Wildman–Crippen LogP) is 2.42. The van der Waals surface area contributed by atoms with E-state index in [1.807, 2.05) is 24.3 Å². The molecule has 0 saturated carbocycles. The second-order valence-electron chi connectivity index (χ2n) is 4.62. The van der Waals surface area contributed by atoms with Crippen molar-refractivity contribution in [3.05, 3.63) is 29.8 Å².